The summed E-state index contributed by atoms with van der Waals surface area (Å²) in [5, 5.41) is 3.24. The molecule has 82 valence electrons. The summed E-state index contributed by atoms with van der Waals surface area (Å²) in [6, 6.07) is 5.97. The fourth-order valence-electron chi connectivity index (χ4n) is 1.31. The van der Waals surface area contributed by atoms with E-state index >= 15 is 0 Å². The van der Waals surface area contributed by atoms with E-state index in [9.17, 15) is 0 Å². The fraction of sp³-hybridized carbons (Fsp3) is 0.364. The Hall–Kier alpha value is -1.13. The molecule has 0 saturated carbocycles. The Balaban J connectivity index is 2.82. The molecule has 0 aliphatic rings. The largest absolute Gasteiger partial charge is 0.389 e. The first kappa shape index (κ1) is 11.9. The summed E-state index contributed by atoms with van der Waals surface area (Å²) in [5.74, 6) is 0. The Bertz CT molecular complexity index is 352. The lowest BCUT2D eigenvalue weighted by atomic mass is 10.1. The van der Waals surface area contributed by atoms with Gasteiger partial charge in [0.15, 0.2) is 0 Å². The molecule has 0 spiro atoms. The zero-order valence-corrected chi connectivity index (χ0v) is 9.86. The van der Waals surface area contributed by atoms with Gasteiger partial charge < -0.3 is 15.8 Å². The van der Waals surface area contributed by atoms with Crippen molar-refractivity contribution in [1.29, 1.82) is 0 Å². The van der Waals surface area contributed by atoms with Gasteiger partial charge >= 0.3 is 0 Å². The highest BCUT2D eigenvalue weighted by molar-refractivity contribution is 7.80. The van der Waals surface area contributed by atoms with Gasteiger partial charge in [0.2, 0.25) is 0 Å². The highest BCUT2D eigenvalue weighted by Crippen LogP contribution is 2.17. The van der Waals surface area contributed by atoms with Crippen molar-refractivity contribution in [3.63, 3.8) is 0 Å². The van der Waals surface area contributed by atoms with Crippen LogP contribution in [0.3, 0.4) is 0 Å². The van der Waals surface area contributed by atoms with Gasteiger partial charge in [-0.15, -0.1) is 0 Å². The Morgan fingerprint density at radius 1 is 1.53 bits per heavy atom. The molecule has 0 radical (unpaired) electrons. The maximum atomic E-state index is 5.63. The minimum absolute atomic E-state index is 0.412. The first-order valence-corrected chi connectivity index (χ1v) is 5.19. The standard InChI is InChI=1S/C11H16N2OS/c1-8-3-4-9(11(12)15)10(7-8)13-5-6-14-2/h3-4,7,13H,5-6H2,1-2H3,(H2,12,15). The molecule has 0 amide bonds. The monoisotopic (exact) mass is 224 g/mol. The number of aryl methyl sites for hydroxylation is 1. The van der Waals surface area contributed by atoms with E-state index in [1.165, 1.54) is 5.56 Å². The minimum atomic E-state index is 0.412. The number of thiocarbonyl (C=S) groups is 1. The number of ether oxygens (including phenoxy) is 1. The SMILES string of the molecule is COCCNc1cc(C)ccc1C(N)=S. The molecule has 0 heterocycles. The maximum Gasteiger partial charge on any atom is 0.106 e. The van der Waals surface area contributed by atoms with Crippen molar-refractivity contribution in [3.8, 4) is 0 Å². The third-order valence-corrected chi connectivity index (χ3v) is 2.28. The first-order chi connectivity index (χ1) is 7.15. The molecule has 0 saturated heterocycles. The molecular weight excluding hydrogens is 208 g/mol. The molecule has 1 aromatic rings. The van der Waals surface area contributed by atoms with E-state index in [1.807, 2.05) is 25.1 Å². The average molecular weight is 224 g/mol. The van der Waals surface area contributed by atoms with Crippen LogP contribution in [0.15, 0.2) is 18.2 Å². The topological polar surface area (TPSA) is 47.3 Å². The number of benzene rings is 1. The number of rotatable bonds is 5. The Kier molecular flexibility index (Phi) is 4.52. The molecule has 0 unspecified atom stereocenters. The van der Waals surface area contributed by atoms with Gasteiger partial charge in [0, 0.05) is 24.9 Å². The lowest BCUT2D eigenvalue weighted by Gasteiger charge is -2.11. The zero-order chi connectivity index (χ0) is 11.3. The predicted molar refractivity (Wildman–Crippen MR) is 67.4 cm³/mol. The lowest BCUT2D eigenvalue weighted by Crippen LogP contribution is -2.15. The number of methoxy groups -OCH3 is 1. The summed E-state index contributed by atoms with van der Waals surface area (Å²) >= 11 is 4.98. The summed E-state index contributed by atoms with van der Waals surface area (Å²) in [5.41, 5.74) is 8.66. The van der Waals surface area contributed by atoms with Crippen molar-refractivity contribution in [2.45, 2.75) is 6.92 Å². The van der Waals surface area contributed by atoms with Gasteiger partial charge in [0.1, 0.15) is 4.99 Å². The van der Waals surface area contributed by atoms with Gasteiger partial charge in [-0.3, -0.25) is 0 Å². The van der Waals surface area contributed by atoms with Crippen molar-refractivity contribution in [2.75, 3.05) is 25.6 Å². The second kappa shape index (κ2) is 5.68. The second-order valence-electron chi connectivity index (χ2n) is 3.33. The van der Waals surface area contributed by atoms with Crippen LogP contribution in [0, 0.1) is 6.92 Å². The van der Waals surface area contributed by atoms with Crippen molar-refractivity contribution in [2.24, 2.45) is 5.73 Å². The molecule has 1 aromatic carbocycles. The van der Waals surface area contributed by atoms with Crippen LogP contribution < -0.4 is 11.1 Å². The van der Waals surface area contributed by atoms with Crippen molar-refractivity contribution in [3.05, 3.63) is 29.3 Å². The molecule has 3 nitrogen and oxygen atoms in total. The summed E-state index contributed by atoms with van der Waals surface area (Å²) < 4.78 is 4.97. The highest BCUT2D eigenvalue weighted by atomic mass is 32.1. The molecule has 0 aromatic heterocycles. The molecule has 1 rings (SSSR count). The molecule has 0 aliphatic heterocycles. The summed E-state index contributed by atoms with van der Waals surface area (Å²) in [6.07, 6.45) is 0. The Morgan fingerprint density at radius 3 is 2.87 bits per heavy atom. The summed E-state index contributed by atoms with van der Waals surface area (Å²) in [4.78, 5) is 0.412. The zero-order valence-electron chi connectivity index (χ0n) is 9.04. The van der Waals surface area contributed by atoms with E-state index in [0.717, 1.165) is 17.8 Å². The molecule has 0 atom stereocenters. The number of hydrogen-bond acceptors (Lipinski definition) is 3. The predicted octanol–water partition coefficient (Wildman–Crippen LogP) is 1.69. The maximum absolute atomic E-state index is 5.63. The quantitative estimate of drug-likeness (QED) is 0.590. The molecule has 0 aliphatic carbocycles. The van der Waals surface area contributed by atoms with Gasteiger partial charge in [0.05, 0.1) is 6.61 Å². The molecule has 0 bridgehead atoms. The smallest absolute Gasteiger partial charge is 0.106 e. The van der Waals surface area contributed by atoms with Crippen LogP contribution in [-0.2, 0) is 4.74 Å². The van der Waals surface area contributed by atoms with Crippen molar-refractivity contribution >= 4 is 22.9 Å². The Morgan fingerprint density at radius 2 is 2.27 bits per heavy atom. The second-order valence-corrected chi connectivity index (χ2v) is 3.77. The Labute approximate surface area is 95.6 Å². The van der Waals surface area contributed by atoms with Crippen molar-refractivity contribution < 1.29 is 4.74 Å². The summed E-state index contributed by atoms with van der Waals surface area (Å²) in [7, 11) is 1.67. The molecule has 0 fully saturated rings. The highest BCUT2D eigenvalue weighted by Gasteiger charge is 2.04. The van der Waals surface area contributed by atoms with Gasteiger partial charge in [-0.25, -0.2) is 0 Å². The number of nitrogens with two attached hydrogens (primary N) is 1. The van der Waals surface area contributed by atoms with E-state index in [0.29, 0.717) is 11.6 Å². The third kappa shape index (κ3) is 3.49. The van der Waals surface area contributed by atoms with Crippen LogP contribution >= 0.6 is 12.2 Å². The first-order valence-electron chi connectivity index (χ1n) is 4.78. The van der Waals surface area contributed by atoms with Crippen LogP contribution in [0.1, 0.15) is 11.1 Å². The van der Waals surface area contributed by atoms with Crippen LogP contribution in [-0.4, -0.2) is 25.2 Å². The van der Waals surface area contributed by atoms with Crippen LogP contribution in [0.5, 0.6) is 0 Å². The number of hydrogen-bond donors (Lipinski definition) is 2. The van der Waals surface area contributed by atoms with Crippen LogP contribution in [0.25, 0.3) is 0 Å². The van der Waals surface area contributed by atoms with Crippen LogP contribution in [0.2, 0.25) is 0 Å². The summed E-state index contributed by atoms with van der Waals surface area (Å²) in [6.45, 7) is 3.44. The van der Waals surface area contributed by atoms with E-state index < -0.39 is 0 Å². The van der Waals surface area contributed by atoms with Crippen molar-refractivity contribution in [1.82, 2.24) is 0 Å². The molecule has 15 heavy (non-hydrogen) atoms. The van der Waals surface area contributed by atoms with E-state index in [1.54, 1.807) is 7.11 Å². The number of anilines is 1. The van der Waals surface area contributed by atoms with E-state index in [2.05, 4.69) is 5.32 Å². The fourth-order valence-corrected chi connectivity index (χ4v) is 1.48. The van der Waals surface area contributed by atoms with E-state index in [4.69, 9.17) is 22.7 Å². The third-order valence-electron chi connectivity index (χ3n) is 2.06. The van der Waals surface area contributed by atoms with Gasteiger partial charge in [-0.1, -0.05) is 18.3 Å². The van der Waals surface area contributed by atoms with E-state index in [-0.39, 0.29) is 0 Å². The van der Waals surface area contributed by atoms with Gasteiger partial charge in [0.25, 0.3) is 0 Å². The minimum Gasteiger partial charge on any atom is -0.389 e. The normalized spacial score (nSPS) is 10.0. The molecule has 4 heteroatoms. The molecular formula is C11H16N2OS. The number of nitrogens with one attached hydrogen (secondary N) is 1. The average Bonchev–Trinajstić information content (AvgIpc) is 2.18. The molecule has 3 N–H and O–H groups in total. The van der Waals surface area contributed by atoms with Gasteiger partial charge in [-0.05, 0) is 24.6 Å². The lowest BCUT2D eigenvalue weighted by molar-refractivity contribution is 0.211. The van der Waals surface area contributed by atoms with Gasteiger partial charge in [-0.2, -0.15) is 0 Å². The van der Waals surface area contributed by atoms with Crippen LogP contribution in [0.4, 0.5) is 5.69 Å².